The smallest absolute Gasteiger partial charge is 0.303 e. The summed E-state index contributed by atoms with van der Waals surface area (Å²) in [5.41, 5.74) is 0.998. The molecule has 46 heavy (non-hydrogen) atoms. The summed E-state index contributed by atoms with van der Waals surface area (Å²) >= 11 is 2.83. The Kier molecular flexibility index (Phi) is 26.1. The number of para-hydroxylation sites is 1. The van der Waals surface area contributed by atoms with Crippen LogP contribution in [0.5, 0.6) is 11.5 Å². The van der Waals surface area contributed by atoms with E-state index < -0.39 is 5.97 Å². The van der Waals surface area contributed by atoms with Crippen molar-refractivity contribution in [1.82, 2.24) is 30.2 Å². The van der Waals surface area contributed by atoms with Gasteiger partial charge in [-0.05, 0) is 88.6 Å². The Balaban J connectivity index is 0.000000878. The summed E-state index contributed by atoms with van der Waals surface area (Å²) in [5.74, 6) is 0.760. The van der Waals surface area contributed by atoms with Gasteiger partial charge in [-0.1, -0.05) is 85.7 Å². The maximum Gasteiger partial charge on any atom is 0.303 e. The Morgan fingerprint density at radius 1 is 0.630 bits per heavy atom. The molecular weight excluding hydrogens is 600 g/mol. The minimum Gasteiger partial charge on any atom is -0.481 e. The molecule has 0 saturated heterocycles. The molecule has 0 aliphatic rings. The van der Waals surface area contributed by atoms with Gasteiger partial charge in [-0.15, -0.1) is 0 Å². The van der Waals surface area contributed by atoms with Crippen LogP contribution < -0.4 is 15.4 Å². The standard InChI is InChI=1S/C20H48N6.C15H14O3.OS/c1-9-23(10-2)19(24(11-3)12-4)21-17-18-22-20(25(13-5)14-6)26(15-7)16-8;16-15(17)11-8-12-6-9-14(10-7-12)18-13-4-2-1-3-5-13;1-2/h19-22H,9-18H2,1-8H3;1-7,9-10H,8,11H2,(H,16,17);. The molecule has 0 radical (unpaired) electrons. The lowest BCUT2D eigenvalue weighted by atomic mass is 10.1. The molecule has 0 aromatic heterocycles. The van der Waals surface area contributed by atoms with Crippen molar-refractivity contribution in [2.75, 3.05) is 65.4 Å². The second-order valence-corrected chi connectivity index (χ2v) is 10.5. The van der Waals surface area contributed by atoms with Gasteiger partial charge < -0.3 is 9.84 Å². The molecule has 2 aromatic rings. The van der Waals surface area contributed by atoms with Crippen LogP contribution in [0.4, 0.5) is 0 Å². The van der Waals surface area contributed by atoms with Crippen molar-refractivity contribution in [3.8, 4) is 11.5 Å². The largest absolute Gasteiger partial charge is 0.481 e. The van der Waals surface area contributed by atoms with Crippen LogP contribution in [0, 0.1) is 0 Å². The highest BCUT2D eigenvalue weighted by atomic mass is 32.1. The van der Waals surface area contributed by atoms with E-state index in [0.29, 0.717) is 19.0 Å². The third-order valence-corrected chi connectivity index (χ3v) is 7.94. The van der Waals surface area contributed by atoms with Crippen molar-refractivity contribution in [3.05, 3.63) is 60.2 Å². The molecule has 262 valence electrons. The summed E-state index contributed by atoms with van der Waals surface area (Å²) < 4.78 is 13.5. The molecule has 10 nitrogen and oxygen atoms in total. The fourth-order valence-corrected chi connectivity index (χ4v) is 5.26. The van der Waals surface area contributed by atoms with E-state index in [1.54, 1.807) is 0 Å². The van der Waals surface area contributed by atoms with Crippen molar-refractivity contribution >= 4 is 18.5 Å². The molecule has 0 heterocycles. The van der Waals surface area contributed by atoms with Gasteiger partial charge in [-0.25, -0.2) is 0 Å². The predicted molar refractivity (Wildman–Crippen MR) is 192 cm³/mol. The molecule has 0 bridgehead atoms. The van der Waals surface area contributed by atoms with Crippen molar-refractivity contribution in [1.29, 1.82) is 0 Å². The third-order valence-electron chi connectivity index (χ3n) is 7.94. The number of rotatable bonds is 22. The van der Waals surface area contributed by atoms with Crippen LogP contribution in [-0.4, -0.2) is 113 Å². The van der Waals surface area contributed by atoms with E-state index in [1.165, 1.54) is 0 Å². The number of ether oxygens (including phenoxy) is 1. The summed E-state index contributed by atoms with van der Waals surface area (Å²) in [5, 5.41) is 16.2. The highest BCUT2D eigenvalue weighted by Crippen LogP contribution is 2.21. The number of aryl methyl sites for hydroxylation is 1. The van der Waals surface area contributed by atoms with Crippen LogP contribution in [-0.2, 0) is 23.7 Å². The number of hydrogen-bond acceptors (Lipinski definition) is 10. The quantitative estimate of drug-likeness (QED) is 0.114. The van der Waals surface area contributed by atoms with E-state index in [4.69, 9.17) is 14.1 Å². The van der Waals surface area contributed by atoms with Crippen molar-refractivity contribution in [3.63, 3.8) is 0 Å². The topological polar surface area (TPSA) is 101 Å². The summed E-state index contributed by atoms with van der Waals surface area (Å²) in [7, 11) is 0. The monoisotopic (exact) mass is 662 g/mol. The maximum absolute atomic E-state index is 10.5. The van der Waals surface area contributed by atoms with Crippen LogP contribution in [0.25, 0.3) is 0 Å². The average molecular weight is 663 g/mol. The van der Waals surface area contributed by atoms with E-state index >= 15 is 0 Å². The first-order chi connectivity index (χ1) is 22.3. The number of nitrogens with zero attached hydrogens (tertiary/aromatic N) is 4. The Labute approximate surface area is 285 Å². The fourth-order valence-electron chi connectivity index (χ4n) is 5.26. The van der Waals surface area contributed by atoms with Crippen molar-refractivity contribution in [2.24, 2.45) is 0 Å². The second-order valence-electron chi connectivity index (χ2n) is 10.5. The number of hydrogen-bond donors (Lipinski definition) is 3. The zero-order valence-corrected chi connectivity index (χ0v) is 30.5. The van der Waals surface area contributed by atoms with Crippen LogP contribution in [0.2, 0.25) is 0 Å². The van der Waals surface area contributed by atoms with Gasteiger partial charge in [-0.3, -0.25) is 35.0 Å². The maximum atomic E-state index is 10.5. The SMILES string of the molecule is CCN(CC)C(NCCNC(N(CC)CC)N(CC)CC)N(CC)CC.O=C(O)CCc1ccc(Oc2ccccc2)cc1.O=S. The van der Waals surface area contributed by atoms with E-state index in [-0.39, 0.29) is 6.42 Å². The van der Waals surface area contributed by atoms with Gasteiger partial charge >= 0.3 is 5.97 Å². The molecule has 0 spiro atoms. The normalized spacial score (nSPS) is 11.2. The van der Waals surface area contributed by atoms with Crippen LogP contribution >= 0.6 is 0 Å². The lowest BCUT2D eigenvalue weighted by Crippen LogP contribution is -2.60. The lowest BCUT2D eigenvalue weighted by molar-refractivity contribution is -0.136. The van der Waals surface area contributed by atoms with Crippen LogP contribution in [0.15, 0.2) is 54.6 Å². The van der Waals surface area contributed by atoms with Gasteiger partial charge in [0.1, 0.15) is 24.1 Å². The van der Waals surface area contributed by atoms with Crippen molar-refractivity contribution in [2.45, 2.75) is 80.8 Å². The first kappa shape index (κ1) is 43.5. The molecule has 0 aliphatic carbocycles. The van der Waals surface area contributed by atoms with Gasteiger partial charge in [0.15, 0.2) is 12.5 Å². The summed E-state index contributed by atoms with van der Waals surface area (Å²) in [6, 6.07) is 17.0. The van der Waals surface area contributed by atoms with E-state index in [0.717, 1.165) is 82.5 Å². The van der Waals surface area contributed by atoms with Gasteiger partial charge in [0.2, 0.25) is 0 Å². The Bertz CT molecular complexity index is 934. The minimum absolute atomic E-state index is 0.152. The number of carboxylic acid groups (broad SMARTS) is 1. The molecule has 0 amide bonds. The number of aliphatic carboxylic acids is 1. The zero-order valence-electron chi connectivity index (χ0n) is 29.7. The summed E-state index contributed by atoms with van der Waals surface area (Å²) in [4.78, 5) is 20.5. The number of nitrogens with one attached hydrogen (secondary N) is 2. The van der Waals surface area contributed by atoms with Gasteiger partial charge in [-0.2, -0.15) is 4.21 Å². The van der Waals surface area contributed by atoms with Gasteiger partial charge in [0.05, 0.1) is 0 Å². The van der Waals surface area contributed by atoms with Gasteiger partial charge in [0.25, 0.3) is 0 Å². The first-order valence-corrected chi connectivity index (χ1v) is 17.3. The first-order valence-electron chi connectivity index (χ1n) is 16.9. The Hall–Kier alpha value is -2.51. The van der Waals surface area contributed by atoms with Crippen LogP contribution in [0.1, 0.15) is 67.4 Å². The molecule has 3 N–H and O–H groups in total. The lowest BCUT2D eigenvalue weighted by Gasteiger charge is -2.40. The van der Waals surface area contributed by atoms with E-state index in [2.05, 4.69) is 98.2 Å². The molecule has 11 heteroatoms. The number of carboxylic acids is 1. The molecule has 2 aromatic carbocycles. The molecular formula is C35H62N6O4S. The third kappa shape index (κ3) is 16.9. The van der Waals surface area contributed by atoms with Gasteiger partial charge in [0, 0.05) is 19.5 Å². The molecule has 0 saturated carbocycles. The molecule has 0 aliphatic heterocycles. The summed E-state index contributed by atoms with van der Waals surface area (Å²) in [6.07, 6.45) is 1.34. The Morgan fingerprint density at radius 2 is 0.978 bits per heavy atom. The van der Waals surface area contributed by atoms with Crippen LogP contribution in [0.3, 0.4) is 0 Å². The number of carbonyl (C=O) groups is 1. The predicted octanol–water partition coefficient (Wildman–Crippen LogP) is 5.26. The van der Waals surface area contributed by atoms with E-state index in [9.17, 15) is 4.79 Å². The van der Waals surface area contributed by atoms with E-state index in [1.807, 2.05) is 54.6 Å². The minimum atomic E-state index is -0.778. The molecule has 0 unspecified atom stereocenters. The molecule has 0 atom stereocenters. The molecule has 2 rings (SSSR count). The average Bonchev–Trinajstić information content (AvgIpc) is 3.09. The highest BCUT2D eigenvalue weighted by molar-refractivity contribution is 7.44. The summed E-state index contributed by atoms with van der Waals surface area (Å²) in [6.45, 7) is 28.5. The second kappa shape index (κ2) is 27.6. The number of benzene rings is 2. The zero-order chi connectivity index (χ0) is 34.7. The molecule has 0 fully saturated rings. The van der Waals surface area contributed by atoms with Crippen molar-refractivity contribution < 1.29 is 18.8 Å². The highest BCUT2D eigenvalue weighted by Gasteiger charge is 2.22. The fraction of sp³-hybridized carbons (Fsp3) is 0.629. The Morgan fingerprint density at radius 3 is 1.30 bits per heavy atom.